The molecule has 86 valence electrons. The largest absolute Gasteiger partial charge is 0.340 e. The van der Waals surface area contributed by atoms with Gasteiger partial charge in [0.2, 0.25) is 5.65 Å². The Bertz CT molecular complexity index is 383. The van der Waals surface area contributed by atoms with Crippen LogP contribution in [0.2, 0.25) is 0 Å². The summed E-state index contributed by atoms with van der Waals surface area (Å²) >= 11 is 0. The first-order chi connectivity index (χ1) is 7.68. The Labute approximate surface area is 99.2 Å². The third-order valence-corrected chi connectivity index (χ3v) is 3.80. The molecule has 0 radical (unpaired) electrons. The van der Waals surface area contributed by atoms with Gasteiger partial charge in [-0.25, -0.2) is 0 Å². The number of amides is 1. The van der Waals surface area contributed by atoms with Gasteiger partial charge < -0.3 is 4.90 Å². The molecule has 0 spiro atoms. The van der Waals surface area contributed by atoms with Crippen LogP contribution in [-0.4, -0.2) is 23.6 Å². The van der Waals surface area contributed by atoms with Gasteiger partial charge in [-0.15, -0.1) is 0 Å². The van der Waals surface area contributed by atoms with Crippen LogP contribution in [0.15, 0.2) is 24.3 Å². The van der Waals surface area contributed by atoms with Gasteiger partial charge in [0.1, 0.15) is 0 Å². The van der Waals surface area contributed by atoms with Crippen molar-refractivity contribution >= 4 is 14.9 Å². The Morgan fingerprint density at radius 2 is 1.94 bits per heavy atom. The molecule has 1 atom stereocenters. The molecule has 1 heterocycles. The van der Waals surface area contributed by atoms with E-state index in [4.69, 9.17) is 0 Å². The van der Waals surface area contributed by atoms with Crippen LogP contribution < -0.4 is 0 Å². The molecule has 0 N–H and O–H groups in total. The van der Waals surface area contributed by atoms with E-state index >= 15 is 0 Å². The van der Waals surface area contributed by atoms with Gasteiger partial charge in [0.05, 0.1) is 0 Å². The van der Waals surface area contributed by atoms with Crippen molar-refractivity contribution in [3.8, 4) is 0 Å². The normalized spacial score (nSPS) is 17.5. The fourth-order valence-electron chi connectivity index (χ4n) is 2.46. The molecular formula is C13H18NOP. The lowest BCUT2D eigenvalue weighted by molar-refractivity contribution is 0.205. The zero-order valence-electron chi connectivity index (χ0n) is 9.65. The molecule has 1 aromatic carbocycles. The molecule has 1 saturated heterocycles. The number of hydrogen-bond acceptors (Lipinski definition) is 1. The molecule has 1 aliphatic rings. The van der Waals surface area contributed by atoms with Crippen LogP contribution in [0.3, 0.4) is 0 Å². The Balaban J connectivity index is 2.05. The van der Waals surface area contributed by atoms with E-state index in [1.165, 1.54) is 11.1 Å². The predicted octanol–water partition coefficient (Wildman–Crippen LogP) is 3.17. The third kappa shape index (κ3) is 2.44. The lowest BCUT2D eigenvalue weighted by Gasteiger charge is -2.32. The Morgan fingerprint density at radius 1 is 1.31 bits per heavy atom. The van der Waals surface area contributed by atoms with Crippen molar-refractivity contribution in [3.05, 3.63) is 35.4 Å². The minimum absolute atomic E-state index is 0.128. The van der Waals surface area contributed by atoms with Gasteiger partial charge in [0, 0.05) is 13.1 Å². The summed E-state index contributed by atoms with van der Waals surface area (Å²) < 4.78 is 0. The maximum absolute atomic E-state index is 11.2. The fourth-order valence-corrected chi connectivity index (χ4v) is 2.71. The molecule has 0 saturated carbocycles. The number of carbonyl (C=O) groups excluding carboxylic acids is 1. The minimum Gasteiger partial charge on any atom is -0.340 e. The number of likely N-dealkylation sites (tertiary alicyclic amines) is 1. The van der Waals surface area contributed by atoms with Gasteiger partial charge in [0.25, 0.3) is 0 Å². The molecule has 0 aliphatic carbocycles. The molecule has 0 aromatic heterocycles. The summed E-state index contributed by atoms with van der Waals surface area (Å²) in [6.45, 7) is 3.95. The van der Waals surface area contributed by atoms with Gasteiger partial charge in [-0.1, -0.05) is 24.3 Å². The van der Waals surface area contributed by atoms with Gasteiger partial charge in [0.15, 0.2) is 0 Å². The number of hydrogen-bond donors (Lipinski definition) is 0. The lowest BCUT2D eigenvalue weighted by atomic mass is 9.87. The second-order valence-electron chi connectivity index (χ2n) is 4.46. The number of aryl methyl sites for hydroxylation is 1. The highest BCUT2D eigenvalue weighted by Crippen LogP contribution is 2.30. The zero-order chi connectivity index (χ0) is 11.5. The first-order valence-corrected chi connectivity index (χ1v) is 6.36. The maximum atomic E-state index is 11.2. The molecular weight excluding hydrogens is 217 g/mol. The average Bonchev–Trinajstić information content (AvgIpc) is 2.30. The molecule has 3 heteroatoms. The standard InChI is InChI=1S/C13H18NOP/c1-10-4-2-3-5-12(10)11-6-8-14(9-7-11)13(15)16/h2-5,11H,6-9,16H2,1H3. The van der Waals surface area contributed by atoms with Crippen LogP contribution in [0, 0.1) is 6.92 Å². The summed E-state index contributed by atoms with van der Waals surface area (Å²) in [7, 11) is 2.26. The molecule has 1 unspecified atom stereocenters. The monoisotopic (exact) mass is 235 g/mol. The van der Waals surface area contributed by atoms with Crippen LogP contribution in [0.5, 0.6) is 0 Å². The summed E-state index contributed by atoms with van der Waals surface area (Å²) in [5, 5.41) is 0. The highest BCUT2D eigenvalue weighted by atomic mass is 31.0. The smallest absolute Gasteiger partial charge is 0.237 e. The minimum atomic E-state index is 0.128. The van der Waals surface area contributed by atoms with E-state index in [9.17, 15) is 4.79 Å². The van der Waals surface area contributed by atoms with Crippen molar-refractivity contribution in [2.45, 2.75) is 25.7 Å². The summed E-state index contributed by atoms with van der Waals surface area (Å²) in [5.41, 5.74) is 2.96. The number of piperidine rings is 1. The average molecular weight is 235 g/mol. The van der Waals surface area contributed by atoms with E-state index in [1.807, 2.05) is 4.90 Å². The van der Waals surface area contributed by atoms with E-state index in [-0.39, 0.29) is 5.65 Å². The van der Waals surface area contributed by atoms with Crippen LogP contribution in [0.4, 0.5) is 4.79 Å². The van der Waals surface area contributed by atoms with Gasteiger partial charge in [-0.3, -0.25) is 4.79 Å². The summed E-state index contributed by atoms with van der Waals surface area (Å²) in [5.74, 6) is 0.627. The highest BCUT2D eigenvalue weighted by Gasteiger charge is 2.22. The van der Waals surface area contributed by atoms with Gasteiger partial charge in [-0.05, 0) is 46.0 Å². The van der Waals surface area contributed by atoms with E-state index in [0.717, 1.165) is 25.9 Å². The Morgan fingerprint density at radius 3 is 2.50 bits per heavy atom. The van der Waals surface area contributed by atoms with E-state index < -0.39 is 0 Å². The maximum Gasteiger partial charge on any atom is 0.237 e. The first kappa shape index (κ1) is 11.6. The van der Waals surface area contributed by atoms with Crippen LogP contribution in [0.1, 0.15) is 29.9 Å². The van der Waals surface area contributed by atoms with Gasteiger partial charge >= 0.3 is 0 Å². The summed E-state index contributed by atoms with van der Waals surface area (Å²) in [4.78, 5) is 13.1. The van der Waals surface area contributed by atoms with E-state index in [0.29, 0.717) is 5.92 Å². The number of carbonyl (C=O) groups is 1. The molecule has 0 bridgehead atoms. The van der Waals surface area contributed by atoms with Crippen LogP contribution >= 0.6 is 9.24 Å². The van der Waals surface area contributed by atoms with Crippen LogP contribution in [-0.2, 0) is 0 Å². The van der Waals surface area contributed by atoms with Crippen molar-refractivity contribution in [1.29, 1.82) is 0 Å². The SMILES string of the molecule is Cc1ccccc1C1CCN(C(=O)P)CC1. The number of nitrogens with zero attached hydrogens (tertiary/aromatic N) is 1. The van der Waals surface area contributed by atoms with Crippen molar-refractivity contribution in [1.82, 2.24) is 4.90 Å². The predicted molar refractivity (Wildman–Crippen MR) is 69.8 cm³/mol. The topological polar surface area (TPSA) is 20.3 Å². The Hall–Kier alpha value is -0.880. The molecule has 1 fully saturated rings. The number of benzene rings is 1. The molecule has 2 rings (SSSR count). The first-order valence-electron chi connectivity index (χ1n) is 5.78. The fraction of sp³-hybridized carbons (Fsp3) is 0.462. The molecule has 16 heavy (non-hydrogen) atoms. The zero-order valence-corrected chi connectivity index (χ0v) is 10.8. The second kappa shape index (κ2) is 4.97. The molecule has 1 aromatic rings. The van der Waals surface area contributed by atoms with Crippen molar-refractivity contribution in [2.75, 3.05) is 13.1 Å². The summed E-state index contributed by atoms with van der Waals surface area (Å²) in [6, 6.07) is 8.58. The molecule has 1 amide bonds. The third-order valence-electron chi connectivity index (χ3n) is 3.43. The highest BCUT2D eigenvalue weighted by molar-refractivity contribution is 7.39. The second-order valence-corrected chi connectivity index (χ2v) is 4.95. The van der Waals surface area contributed by atoms with Crippen molar-refractivity contribution in [2.24, 2.45) is 0 Å². The van der Waals surface area contributed by atoms with Crippen LogP contribution in [0.25, 0.3) is 0 Å². The molecule has 2 nitrogen and oxygen atoms in total. The number of rotatable bonds is 1. The van der Waals surface area contributed by atoms with Crippen molar-refractivity contribution in [3.63, 3.8) is 0 Å². The van der Waals surface area contributed by atoms with Crippen molar-refractivity contribution < 1.29 is 4.79 Å². The lowest BCUT2D eigenvalue weighted by Crippen LogP contribution is -2.34. The van der Waals surface area contributed by atoms with Gasteiger partial charge in [-0.2, -0.15) is 0 Å². The summed E-state index contributed by atoms with van der Waals surface area (Å²) in [6.07, 6.45) is 2.18. The van der Waals surface area contributed by atoms with E-state index in [1.54, 1.807) is 0 Å². The Kier molecular flexibility index (Phi) is 3.60. The molecule has 1 aliphatic heterocycles. The quantitative estimate of drug-likeness (QED) is 0.685. The van der Waals surface area contributed by atoms with E-state index in [2.05, 4.69) is 40.4 Å².